The topological polar surface area (TPSA) is 74.5 Å². The smallest absolute Gasteiger partial charge is 0.309 e. The van der Waals surface area contributed by atoms with Crippen molar-refractivity contribution in [1.29, 1.82) is 0 Å². The molecule has 32 heavy (non-hydrogen) atoms. The first kappa shape index (κ1) is 21.8. The second-order valence-electron chi connectivity index (χ2n) is 7.31. The van der Waals surface area contributed by atoms with E-state index in [0.717, 1.165) is 46.1 Å². The molecular formula is C25H24N2O4S. The van der Waals surface area contributed by atoms with Gasteiger partial charge in [0.15, 0.2) is 0 Å². The normalized spacial score (nSPS) is 10.8. The summed E-state index contributed by atoms with van der Waals surface area (Å²) in [5.41, 5.74) is 3.67. The van der Waals surface area contributed by atoms with E-state index in [4.69, 9.17) is 13.9 Å². The van der Waals surface area contributed by atoms with E-state index in [0.29, 0.717) is 18.2 Å². The van der Waals surface area contributed by atoms with E-state index < -0.39 is 0 Å². The number of methoxy groups -OCH3 is 1. The molecule has 0 unspecified atom stereocenters. The number of aryl methyl sites for hydroxylation is 3. The first-order chi connectivity index (χ1) is 15.6. The number of aromatic nitrogens is 2. The number of rotatable bonds is 9. The van der Waals surface area contributed by atoms with Crippen molar-refractivity contribution in [3.8, 4) is 17.2 Å². The lowest BCUT2D eigenvalue weighted by atomic mass is 10.1. The van der Waals surface area contributed by atoms with Gasteiger partial charge in [0, 0.05) is 17.4 Å². The van der Waals surface area contributed by atoms with Gasteiger partial charge >= 0.3 is 5.97 Å². The minimum atomic E-state index is -0.274. The molecule has 2 heterocycles. The number of benzene rings is 2. The van der Waals surface area contributed by atoms with E-state index in [1.54, 1.807) is 11.3 Å². The lowest BCUT2D eigenvalue weighted by Gasteiger charge is -2.06. The van der Waals surface area contributed by atoms with E-state index in [9.17, 15) is 4.79 Å². The number of carbonyl (C=O) groups is 1. The molecule has 0 atom stereocenters. The average molecular weight is 449 g/mol. The lowest BCUT2D eigenvalue weighted by Crippen LogP contribution is -2.04. The molecule has 0 aliphatic carbocycles. The van der Waals surface area contributed by atoms with Crippen molar-refractivity contribution in [2.24, 2.45) is 0 Å². The van der Waals surface area contributed by atoms with E-state index >= 15 is 0 Å². The summed E-state index contributed by atoms with van der Waals surface area (Å²) in [7, 11) is 1.38. The number of oxazole rings is 1. The van der Waals surface area contributed by atoms with Crippen LogP contribution in [-0.2, 0) is 35.4 Å². The largest absolute Gasteiger partial charge is 0.487 e. The summed E-state index contributed by atoms with van der Waals surface area (Å²) < 4.78 is 16.4. The van der Waals surface area contributed by atoms with Crippen LogP contribution in [0.5, 0.6) is 5.75 Å². The molecule has 6 nitrogen and oxygen atoms in total. The Kier molecular flexibility index (Phi) is 6.97. The van der Waals surface area contributed by atoms with Crippen LogP contribution in [0.15, 0.2) is 64.4 Å². The number of thiazole rings is 1. The highest BCUT2D eigenvalue weighted by Crippen LogP contribution is 2.23. The first-order valence-electron chi connectivity index (χ1n) is 10.3. The van der Waals surface area contributed by atoms with Gasteiger partial charge in [0.05, 0.1) is 29.9 Å². The quantitative estimate of drug-likeness (QED) is 0.328. The van der Waals surface area contributed by atoms with Gasteiger partial charge in [-0.25, -0.2) is 9.97 Å². The minimum Gasteiger partial charge on any atom is -0.487 e. The third-order valence-corrected chi connectivity index (χ3v) is 5.91. The van der Waals surface area contributed by atoms with Crippen molar-refractivity contribution in [3.05, 3.63) is 87.7 Å². The van der Waals surface area contributed by atoms with Crippen LogP contribution in [0.2, 0.25) is 0 Å². The SMILES string of the molecule is COC(=O)Cc1cccc(OCc2csc(CCc3nc(-c4ccccc4)oc3C)n2)c1. The van der Waals surface area contributed by atoms with Crippen molar-refractivity contribution in [3.63, 3.8) is 0 Å². The Morgan fingerprint density at radius 3 is 2.72 bits per heavy atom. The Balaban J connectivity index is 1.32. The number of carbonyl (C=O) groups excluding carboxylic acids is 1. The molecule has 2 aromatic carbocycles. The maximum absolute atomic E-state index is 11.5. The standard InChI is InChI=1S/C25H24N2O4S/c1-17-22(27-25(31-17)19-8-4-3-5-9-19)11-12-23-26-20(16-32-23)15-30-21-10-6-7-18(13-21)14-24(28)29-2/h3-10,13,16H,11-12,14-15H2,1-2H3. The number of hydrogen-bond acceptors (Lipinski definition) is 7. The predicted octanol–water partition coefficient (Wildman–Crippen LogP) is 5.19. The molecule has 4 aromatic rings. The Labute approximate surface area is 190 Å². The van der Waals surface area contributed by atoms with Crippen molar-refractivity contribution in [1.82, 2.24) is 9.97 Å². The first-order valence-corrected chi connectivity index (χ1v) is 11.2. The molecule has 0 aliphatic heterocycles. The van der Waals surface area contributed by atoms with E-state index in [1.807, 2.05) is 66.9 Å². The molecular weight excluding hydrogens is 424 g/mol. The number of esters is 1. The van der Waals surface area contributed by atoms with Crippen LogP contribution in [0.1, 0.15) is 27.7 Å². The Morgan fingerprint density at radius 1 is 1.06 bits per heavy atom. The summed E-state index contributed by atoms with van der Waals surface area (Å²) in [6.45, 7) is 2.32. The molecule has 0 saturated carbocycles. The van der Waals surface area contributed by atoms with Crippen molar-refractivity contribution in [2.75, 3.05) is 7.11 Å². The molecule has 0 fully saturated rings. The van der Waals surface area contributed by atoms with Crippen LogP contribution < -0.4 is 4.74 Å². The van der Waals surface area contributed by atoms with Gasteiger partial charge in [-0.05, 0) is 43.2 Å². The average Bonchev–Trinajstić information content (AvgIpc) is 3.43. The van der Waals surface area contributed by atoms with Crippen LogP contribution >= 0.6 is 11.3 Å². The maximum atomic E-state index is 11.5. The van der Waals surface area contributed by atoms with Gasteiger partial charge in [-0.1, -0.05) is 30.3 Å². The number of nitrogens with zero attached hydrogens (tertiary/aromatic N) is 2. The van der Waals surface area contributed by atoms with E-state index in [1.165, 1.54) is 7.11 Å². The van der Waals surface area contributed by atoms with Gasteiger partial charge in [-0.15, -0.1) is 11.3 Å². The van der Waals surface area contributed by atoms with Crippen LogP contribution in [0, 0.1) is 6.92 Å². The van der Waals surface area contributed by atoms with Crippen LogP contribution in [-0.4, -0.2) is 23.0 Å². The third-order valence-electron chi connectivity index (χ3n) is 4.95. The summed E-state index contributed by atoms with van der Waals surface area (Å²) in [5.74, 6) is 1.92. The molecule has 0 amide bonds. The van der Waals surface area contributed by atoms with Gasteiger partial charge in [0.1, 0.15) is 18.1 Å². The van der Waals surface area contributed by atoms with Gasteiger partial charge in [0.25, 0.3) is 0 Å². The second kappa shape index (κ2) is 10.2. The highest BCUT2D eigenvalue weighted by Gasteiger charge is 2.12. The van der Waals surface area contributed by atoms with E-state index in [-0.39, 0.29) is 12.4 Å². The Morgan fingerprint density at radius 2 is 1.91 bits per heavy atom. The number of hydrogen-bond donors (Lipinski definition) is 0. The van der Waals surface area contributed by atoms with Crippen molar-refractivity contribution >= 4 is 17.3 Å². The molecule has 0 bridgehead atoms. The van der Waals surface area contributed by atoms with Crippen molar-refractivity contribution in [2.45, 2.75) is 32.8 Å². The maximum Gasteiger partial charge on any atom is 0.309 e. The second-order valence-corrected chi connectivity index (χ2v) is 8.25. The zero-order valence-corrected chi connectivity index (χ0v) is 18.9. The van der Waals surface area contributed by atoms with Crippen molar-refractivity contribution < 1.29 is 18.7 Å². The predicted molar refractivity (Wildman–Crippen MR) is 123 cm³/mol. The zero-order chi connectivity index (χ0) is 22.3. The molecule has 0 aliphatic rings. The fraction of sp³-hybridized carbons (Fsp3) is 0.240. The number of ether oxygens (including phenoxy) is 2. The summed E-state index contributed by atoms with van der Waals surface area (Å²) in [4.78, 5) is 20.8. The third kappa shape index (κ3) is 5.62. The van der Waals surface area contributed by atoms with E-state index in [2.05, 4.69) is 9.97 Å². The summed E-state index contributed by atoms with van der Waals surface area (Å²) in [6, 6.07) is 17.4. The van der Waals surface area contributed by atoms with Crippen LogP contribution in [0.3, 0.4) is 0 Å². The highest BCUT2D eigenvalue weighted by molar-refractivity contribution is 7.09. The highest BCUT2D eigenvalue weighted by atomic mass is 32.1. The molecule has 7 heteroatoms. The van der Waals surface area contributed by atoms with Gasteiger partial charge in [-0.3, -0.25) is 4.79 Å². The minimum absolute atomic E-state index is 0.224. The Hall–Kier alpha value is -3.45. The molecule has 0 saturated heterocycles. The molecule has 0 radical (unpaired) electrons. The van der Waals surface area contributed by atoms with Gasteiger partial charge in [0.2, 0.25) is 5.89 Å². The monoisotopic (exact) mass is 448 g/mol. The summed E-state index contributed by atoms with van der Waals surface area (Å²) >= 11 is 1.62. The Bertz CT molecular complexity index is 1180. The van der Waals surface area contributed by atoms with Gasteiger partial charge < -0.3 is 13.9 Å². The molecule has 2 aromatic heterocycles. The molecule has 4 rings (SSSR count). The van der Waals surface area contributed by atoms with Gasteiger partial charge in [-0.2, -0.15) is 0 Å². The van der Waals surface area contributed by atoms with Crippen LogP contribution in [0.25, 0.3) is 11.5 Å². The molecule has 0 N–H and O–H groups in total. The van der Waals surface area contributed by atoms with Crippen LogP contribution in [0.4, 0.5) is 0 Å². The summed E-state index contributed by atoms with van der Waals surface area (Å²) in [5, 5.41) is 3.05. The fourth-order valence-corrected chi connectivity index (χ4v) is 4.04. The summed E-state index contributed by atoms with van der Waals surface area (Å²) in [6.07, 6.45) is 1.79. The molecule has 0 spiro atoms. The fourth-order valence-electron chi connectivity index (χ4n) is 3.26. The zero-order valence-electron chi connectivity index (χ0n) is 18.0. The molecule has 164 valence electrons. The lowest BCUT2D eigenvalue weighted by molar-refractivity contribution is -0.139.